The lowest BCUT2D eigenvalue weighted by Crippen LogP contribution is -2.66. The van der Waals surface area contributed by atoms with Gasteiger partial charge in [-0.3, -0.25) is 9.59 Å². The van der Waals surface area contributed by atoms with Crippen LogP contribution in [0.2, 0.25) is 0 Å². The van der Waals surface area contributed by atoms with Crippen molar-refractivity contribution in [2.45, 2.75) is 71.4 Å². The van der Waals surface area contributed by atoms with E-state index in [4.69, 9.17) is 0 Å². The topological polar surface area (TPSA) is 49.4 Å². The molecule has 0 spiro atoms. The summed E-state index contributed by atoms with van der Waals surface area (Å²) in [5, 5.41) is 3.03. The van der Waals surface area contributed by atoms with E-state index in [0.717, 1.165) is 19.3 Å². The molecule has 0 aromatic carbocycles. The third kappa shape index (κ3) is 2.99. The minimum Gasteiger partial charge on any atom is -0.342 e. The van der Waals surface area contributed by atoms with Crippen LogP contribution in [0.4, 0.5) is 0 Å². The summed E-state index contributed by atoms with van der Waals surface area (Å²) in [5.74, 6) is 0.700. The zero-order chi connectivity index (χ0) is 14.7. The first-order chi connectivity index (χ1) is 9.56. The van der Waals surface area contributed by atoms with Crippen LogP contribution in [0.3, 0.4) is 0 Å². The molecule has 1 aliphatic carbocycles. The number of carbonyl (C=O) groups is 2. The predicted molar refractivity (Wildman–Crippen MR) is 79.1 cm³/mol. The van der Waals surface area contributed by atoms with Gasteiger partial charge >= 0.3 is 0 Å². The molecule has 2 atom stereocenters. The number of nitrogens with zero attached hydrogens (tertiary/aromatic N) is 1. The van der Waals surface area contributed by atoms with Crippen LogP contribution in [0.1, 0.15) is 59.3 Å². The summed E-state index contributed by atoms with van der Waals surface area (Å²) in [6.07, 6.45) is 6.68. The maximum absolute atomic E-state index is 12.8. The highest BCUT2D eigenvalue weighted by molar-refractivity contribution is 5.97. The molecule has 1 saturated carbocycles. The van der Waals surface area contributed by atoms with E-state index in [1.807, 2.05) is 18.7 Å². The highest BCUT2D eigenvalue weighted by atomic mass is 16.2. The number of hydrogen-bond donors (Lipinski definition) is 1. The van der Waals surface area contributed by atoms with Crippen molar-refractivity contribution >= 4 is 11.8 Å². The van der Waals surface area contributed by atoms with Gasteiger partial charge in [-0.2, -0.15) is 0 Å². The number of hydrogen-bond acceptors (Lipinski definition) is 2. The second-order valence-electron chi connectivity index (χ2n) is 6.60. The third-order valence-corrected chi connectivity index (χ3v) is 4.67. The molecular formula is C16H28N2O2. The summed E-state index contributed by atoms with van der Waals surface area (Å²) in [5.41, 5.74) is 0. The Morgan fingerprint density at radius 1 is 1.20 bits per heavy atom. The Bertz CT molecular complexity index is 361. The summed E-state index contributed by atoms with van der Waals surface area (Å²) in [6, 6.07) is -0.563. The lowest BCUT2D eigenvalue weighted by Gasteiger charge is -2.43. The normalized spacial score (nSPS) is 28.9. The van der Waals surface area contributed by atoms with E-state index in [-0.39, 0.29) is 29.8 Å². The SMILES string of the molecule is CCCN1C(=O)C(C2CCCCC2)NC(=O)C1C(C)C. The largest absolute Gasteiger partial charge is 0.342 e. The molecule has 2 amide bonds. The van der Waals surface area contributed by atoms with E-state index in [1.165, 1.54) is 19.3 Å². The lowest BCUT2D eigenvalue weighted by molar-refractivity contribution is -0.153. The van der Waals surface area contributed by atoms with Crippen LogP contribution in [-0.2, 0) is 9.59 Å². The number of piperazine rings is 1. The van der Waals surface area contributed by atoms with Crippen molar-refractivity contribution in [2.24, 2.45) is 11.8 Å². The molecule has 4 nitrogen and oxygen atoms in total. The van der Waals surface area contributed by atoms with Gasteiger partial charge in [0.1, 0.15) is 12.1 Å². The van der Waals surface area contributed by atoms with Gasteiger partial charge in [0, 0.05) is 6.54 Å². The first-order valence-electron chi connectivity index (χ1n) is 8.17. The van der Waals surface area contributed by atoms with Crippen molar-refractivity contribution in [3.8, 4) is 0 Å². The van der Waals surface area contributed by atoms with Gasteiger partial charge in [0.25, 0.3) is 0 Å². The van der Waals surface area contributed by atoms with Crippen molar-refractivity contribution in [3.63, 3.8) is 0 Å². The quantitative estimate of drug-likeness (QED) is 0.859. The van der Waals surface area contributed by atoms with Crippen molar-refractivity contribution in [2.75, 3.05) is 6.54 Å². The highest BCUT2D eigenvalue weighted by Gasteiger charge is 2.44. The van der Waals surface area contributed by atoms with Gasteiger partial charge in [-0.1, -0.05) is 40.0 Å². The number of carbonyl (C=O) groups excluding carboxylic acids is 2. The average molecular weight is 280 g/mol. The van der Waals surface area contributed by atoms with Crippen LogP contribution in [0.15, 0.2) is 0 Å². The first kappa shape index (κ1) is 15.3. The minimum absolute atomic E-state index is 0.0450. The van der Waals surface area contributed by atoms with Crippen LogP contribution in [0, 0.1) is 11.8 Å². The van der Waals surface area contributed by atoms with Crippen molar-refractivity contribution < 1.29 is 9.59 Å². The summed E-state index contributed by atoms with van der Waals surface area (Å²) in [6.45, 7) is 6.79. The fraction of sp³-hybridized carbons (Fsp3) is 0.875. The van der Waals surface area contributed by atoms with Crippen LogP contribution < -0.4 is 5.32 Å². The predicted octanol–water partition coefficient (Wildman–Crippen LogP) is 2.33. The molecule has 1 heterocycles. The van der Waals surface area contributed by atoms with E-state index in [9.17, 15) is 9.59 Å². The molecule has 2 rings (SSSR count). The zero-order valence-electron chi connectivity index (χ0n) is 13.0. The lowest BCUT2D eigenvalue weighted by atomic mass is 9.81. The molecule has 20 heavy (non-hydrogen) atoms. The first-order valence-corrected chi connectivity index (χ1v) is 8.17. The zero-order valence-corrected chi connectivity index (χ0v) is 13.0. The number of amides is 2. The molecule has 0 aromatic rings. The standard InChI is InChI=1S/C16H28N2O2/c1-4-10-18-14(11(2)3)15(19)17-13(16(18)20)12-8-6-5-7-9-12/h11-14H,4-10H2,1-3H3,(H,17,19). The molecule has 0 bridgehead atoms. The maximum Gasteiger partial charge on any atom is 0.246 e. The summed E-state index contributed by atoms with van der Waals surface area (Å²) < 4.78 is 0. The summed E-state index contributed by atoms with van der Waals surface area (Å²) in [4.78, 5) is 27.0. The van der Waals surface area contributed by atoms with Crippen molar-refractivity contribution in [1.82, 2.24) is 10.2 Å². The molecule has 0 radical (unpaired) electrons. The van der Waals surface area contributed by atoms with Gasteiger partial charge in [-0.15, -0.1) is 0 Å². The van der Waals surface area contributed by atoms with Gasteiger partial charge in [0.2, 0.25) is 11.8 Å². The fourth-order valence-electron chi connectivity index (χ4n) is 3.70. The van der Waals surface area contributed by atoms with E-state index >= 15 is 0 Å². The number of rotatable bonds is 4. The van der Waals surface area contributed by atoms with Gasteiger partial charge in [-0.25, -0.2) is 0 Å². The van der Waals surface area contributed by atoms with Gasteiger partial charge in [0.05, 0.1) is 0 Å². The van der Waals surface area contributed by atoms with Crippen molar-refractivity contribution in [3.05, 3.63) is 0 Å². The fourth-order valence-corrected chi connectivity index (χ4v) is 3.70. The Morgan fingerprint density at radius 3 is 2.40 bits per heavy atom. The van der Waals surface area contributed by atoms with Gasteiger partial charge < -0.3 is 10.2 Å². The molecule has 2 unspecified atom stereocenters. The Balaban J connectivity index is 2.16. The molecule has 0 aromatic heterocycles. The molecule has 1 saturated heterocycles. The maximum atomic E-state index is 12.8. The molecule has 4 heteroatoms. The van der Waals surface area contributed by atoms with Gasteiger partial charge in [0.15, 0.2) is 0 Å². The van der Waals surface area contributed by atoms with Crippen LogP contribution in [0.5, 0.6) is 0 Å². The Hall–Kier alpha value is -1.06. The van der Waals surface area contributed by atoms with E-state index in [2.05, 4.69) is 12.2 Å². The van der Waals surface area contributed by atoms with Crippen LogP contribution in [0.25, 0.3) is 0 Å². The Labute approximate surface area is 122 Å². The van der Waals surface area contributed by atoms with Crippen LogP contribution >= 0.6 is 0 Å². The molecule has 2 aliphatic rings. The van der Waals surface area contributed by atoms with Gasteiger partial charge in [-0.05, 0) is 31.1 Å². The monoisotopic (exact) mass is 280 g/mol. The van der Waals surface area contributed by atoms with Crippen molar-refractivity contribution in [1.29, 1.82) is 0 Å². The molecular weight excluding hydrogens is 252 g/mol. The second kappa shape index (κ2) is 6.59. The summed E-state index contributed by atoms with van der Waals surface area (Å²) >= 11 is 0. The average Bonchev–Trinajstić information content (AvgIpc) is 2.43. The molecule has 1 aliphatic heterocycles. The van der Waals surface area contributed by atoms with E-state index in [1.54, 1.807) is 0 Å². The summed E-state index contributed by atoms with van der Waals surface area (Å²) in [7, 11) is 0. The highest BCUT2D eigenvalue weighted by Crippen LogP contribution is 2.30. The minimum atomic E-state index is -0.290. The number of nitrogens with one attached hydrogen (secondary N) is 1. The van der Waals surface area contributed by atoms with E-state index < -0.39 is 0 Å². The molecule has 2 fully saturated rings. The second-order valence-corrected chi connectivity index (χ2v) is 6.60. The third-order valence-electron chi connectivity index (χ3n) is 4.67. The van der Waals surface area contributed by atoms with E-state index in [0.29, 0.717) is 12.5 Å². The molecule has 1 N–H and O–H groups in total. The Morgan fingerprint density at radius 2 is 1.85 bits per heavy atom. The van der Waals surface area contributed by atoms with Crippen LogP contribution in [-0.4, -0.2) is 35.3 Å². The molecule has 114 valence electrons. The smallest absolute Gasteiger partial charge is 0.246 e. The Kier molecular flexibility index (Phi) is 5.06.